The van der Waals surface area contributed by atoms with Crippen molar-refractivity contribution in [3.63, 3.8) is 0 Å². The second-order valence-electron chi connectivity index (χ2n) is 7.77. The van der Waals surface area contributed by atoms with E-state index in [4.69, 9.17) is 9.47 Å². The number of halogens is 1. The van der Waals surface area contributed by atoms with Gasteiger partial charge < -0.3 is 19.7 Å². The lowest BCUT2D eigenvalue weighted by Crippen LogP contribution is -2.40. The Kier molecular flexibility index (Phi) is 6.17. The number of carbonyl (C=O) groups excluding carboxylic acids is 2. The highest BCUT2D eigenvalue weighted by atomic mass is 32.1. The Bertz CT molecular complexity index is 939. The largest absolute Gasteiger partial charge is 0.381 e. The molecule has 0 saturated carbocycles. The molecule has 0 radical (unpaired) electrons. The predicted molar refractivity (Wildman–Crippen MR) is 113 cm³/mol. The Hall–Kier alpha value is -2.29. The number of nitrogens with zero attached hydrogens (tertiary/aromatic N) is 1. The first kappa shape index (κ1) is 21.0. The minimum absolute atomic E-state index is 0.0449. The molecule has 2 aromatic rings. The maximum atomic E-state index is 13.4. The number of hydrogen-bond acceptors (Lipinski definition) is 5. The van der Waals surface area contributed by atoms with Crippen LogP contribution in [0.3, 0.4) is 0 Å². The third kappa shape index (κ3) is 4.55. The molecule has 2 fully saturated rings. The highest BCUT2D eigenvalue weighted by Crippen LogP contribution is 2.33. The van der Waals surface area contributed by atoms with Crippen LogP contribution in [0.25, 0.3) is 0 Å². The van der Waals surface area contributed by atoms with E-state index in [0.717, 1.165) is 24.8 Å². The van der Waals surface area contributed by atoms with Crippen molar-refractivity contribution in [3.05, 3.63) is 52.2 Å². The van der Waals surface area contributed by atoms with E-state index in [9.17, 15) is 14.0 Å². The second kappa shape index (κ2) is 8.83. The Labute approximate surface area is 179 Å². The molecular formula is C22H25FN2O4S. The van der Waals surface area contributed by atoms with Gasteiger partial charge in [-0.2, -0.15) is 0 Å². The quantitative estimate of drug-likeness (QED) is 0.800. The molecule has 0 bridgehead atoms. The van der Waals surface area contributed by atoms with Crippen molar-refractivity contribution >= 4 is 28.2 Å². The number of nitrogens with one attached hydrogen (secondary N) is 1. The molecule has 6 nitrogen and oxygen atoms in total. The Balaban J connectivity index is 1.43. The number of thiophene rings is 1. The average Bonchev–Trinajstić information content (AvgIpc) is 2.98. The minimum atomic E-state index is -0.466. The van der Waals surface area contributed by atoms with Crippen LogP contribution in [-0.4, -0.2) is 55.2 Å². The van der Waals surface area contributed by atoms with Crippen LogP contribution in [0, 0.1) is 12.7 Å². The molecule has 3 heterocycles. The molecule has 0 unspecified atom stereocenters. The Morgan fingerprint density at radius 3 is 2.70 bits per heavy atom. The van der Waals surface area contributed by atoms with E-state index < -0.39 is 11.7 Å². The summed E-state index contributed by atoms with van der Waals surface area (Å²) in [4.78, 5) is 28.0. The fourth-order valence-electron chi connectivity index (χ4n) is 3.95. The van der Waals surface area contributed by atoms with Gasteiger partial charge in [0.25, 0.3) is 11.8 Å². The molecule has 1 N–H and O–H groups in total. The standard InChI is InChI=1S/C22H25FN2O4S/c1-15-13-18(24-20(26)16-3-2-4-17(23)14-16)30-19(15)21(27)25-8-5-22(29-12-9-25)6-10-28-11-7-22/h2-4,13-14H,5-12H2,1H3,(H,24,26). The summed E-state index contributed by atoms with van der Waals surface area (Å²) in [5.74, 6) is -0.914. The van der Waals surface area contributed by atoms with Crippen LogP contribution in [0.15, 0.2) is 30.3 Å². The van der Waals surface area contributed by atoms with Crippen LogP contribution < -0.4 is 5.32 Å². The van der Waals surface area contributed by atoms with Crippen molar-refractivity contribution in [1.29, 1.82) is 0 Å². The van der Waals surface area contributed by atoms with Crippen molar-refractivity contribution in [2.75, 3.05) is 38.2 Å². The number of carbonyl (C=O) groups is 2. The van der Waals surface area contributed by atoms with Crippen molar-refractivity contribution < 1.29 is 23.5 Å². The van der Waals surface area contributed by atoms with Crippen molar-refractivity contribution in [1.82, 2.24) is 4.90 Å². The van der Waals surface area contributed by atoms with Gasteiger partial charge in [0.1, 0.15) is 5.82 Å². The highest BCUT2D eigenvalue weighted by molar-refractivity contribution is 7.18. The van der Waals surface area contributed by atoms with Crippen LogP contribution in [-0.2, 0) is 9.47 Å². The summed E-state index contributed by atoms with van der Waals surface area (Å²) in [6.07, 6.45) is 2.53. The highest BCUT2D eigenvalue weighted by Gasteiger charge is 2.37. The number of amides is 2. The molecular weight excluding hydrogens is 407 g/mol. The first-order valence-electron chi connectivity index (χ1n) is 10.1. The summed E-state index contributed by atoms with van der Waals surface area (Å²) in [5.41, 5.74) is 0.868. The number of aryl methyl sites for hydroxylation is 1. The average molecular weight is 433 g/mol. The van der Waals surface area contributed by atoms with E-state index in [1.54, 1.807) is 12.1 Å². The maximum Gasteiger partial charge on any atom is 0.264 e. The molecule has 1 aromatic carbocycles. The van der Waals surface area contributed by atoms with E-state index in [-0.39, 0.29) is 17.1 Å². The number of hydrogen-bond donors (Lipinski definition) is 1. The van der Waals surface area contributed by atoms with Gasteiger partial charge in [-0.1, -0.05) is 6.07 Å². The summed E-state index contributed by atoms with van der Waals surface area (Å²) in [6, 6.07) is 7.30. The number of anilines is 1. The summed E-state index contributed by atoms with van der Waals surface area (Å²) in [6.45, 7) is 4.96. The second-order valence-corrected chi connectivity index (χ2v) is 8.83. The molecule has 1 spiro atoms. The van der Waals surface area contributed by atoms with Crippen LogP contribution in [0.4, 0.5) is 9.39 Å². The van der Waals surface area contributed by atoms with E-state index in [1.165, 1.54) is 29.5 Å². The number of ether oxygens (including phenoxy) is 2. The molecule has 2 aliphatic heterocycles. The summed E-state index contributed by atoms with van der Waals surface area (Å²) in [5, 5.41) is 3.33. The minimum Gasteiger partial charge on any atom is -0.381 e. The van der Waals surface area contributed by atoms with Crippen molar-refractivity contribution in [2.45, 2.75) is 31.8 Å². The molecule has 2 aliphatic rings. The van der Waals surface area contributed by atoms with E-state index in [2.05, 4.69) is 5.32 Å². The third-order valence-corrected chi connectivity index (χ3v) is 6.87. The maximum absolute atomic E-state index is 13.4. The van der Waals surface area contributed by atoms with Gasteiger partial charge in [0, 0.05) is 31.9 Å². The zero-order valence-electron chi connectivity index (χ0n) is 16.9. The lowest BCUT2D eigenvalue weighted by molar-refractivity contribution is -0.105. The van der Waals surface area contributed by atoms with Gasteiger partial charge in [-0.3, -0.25) is 9.59 Å². The van der Waals surface area contributed by atoms with Gasteiger partial charge in [0.2, 0.25) is 0 Å². The van der Waals surface area contributed by atoms with Crippen LogP contribution in [0.2, 0.25) is 0 Å². The third-order valence-electron chi connectivity index (χ3n) is 5.73. The van der Waals surface area contributed by atoms with Gasteiger partial charge in [-0.05, 0) is 56.0 Å². The van der Waals surface area contributed by atoms with Gasteiger partial charge >= 0.3 is 0 Å². The zero-order valence-corrected chi connectivity index (χ0v) is 17.7. The molecule has 30 heavy (non-hydrogen) atoms. The topological polar surface area (TPSA) is 67.9 Å². The van der Waals surface area contributed by atoms with Gasteiger partial charge in [0.05, 0.1) is 22.1 Å². The van der Waals surface area contributed by atoms with Gasteiger partial charge in [0.15, 0.2) is 0 Å². The monoisotopic (exact) mass is 432 g/mol. The lowest BCUT2D eigenvalue weighted by atomic mass is 9.90. The first-order valence-corrected chi connectivity index (χ1v) is 11.0. The zero-order chi connectivity index (χ0) is 21.1. The predicted octanol–water partition coefficient (Wildman–Crippen LogP) is 3.86. The van der Waals surface area contributed by atoms with Gasteiger partial charge in [-0.15, -0.1) is 11.3 Å². The normalized spacial score (nSPS) is 18.8. The van der Waals surface area contributed by atoms with Crippen molar-refractivity contribution in [3.8, 4) is 0 Å². The number of benzene rings is 1. The summed E-state index contributed by atoms with van der Waals surface area (Å²) in [7, 11) is 0. The van der Waals surface area contributed by atoms with E-state index in [0.29, 0.717) is 42.8 Å². The summed E-state index contributed by atoms with van der Waals surface area (Å²) < 4.78 is 25.0. The molecule has 160 valence electrons. The first-order chi connectivity index (χ1) is 14.5. The molecule has 4 rings (SSSR count). The molecule has 8 heteroatoms. The SMILES string of the molecule is Cc1cc(NC(=O)c2cccc(F)c2)sc1C(=O)N1CCOC2(CCOCC2)CC1. The Morgan fingerprint density at radius 1 is 1.13 bits per heavy atom. The van der Waals surface area contributed by atoms with E-state index >= 15 is 0 Å². The fraction of sp³-hybridized carbons (Fsp3) is 0.455. The van der Waals surface area contributed by atoms with Crippen molar-refractivity contribution in [2.24, 2.45) is 0 Å². The summed E-state index contributed by atoms with van der Waals surface area (Å²) >= 11 is 1.24. The van der Waals surface area contributed by atoms with Crippen LogP contribution in [0.1, 0.15) is 44.9 Å². The van der Waals surface area contributed by atoms with Gasteiger partial charge in [-0.25, -0.2) is 4.39 Å². The van der Waals surface area contributed by atoms with E-state index in [1.807, 2.05) is 11.8 Å². The fourth-order valence-corrected chi connectivity index (χ4v) is 4.98. The Morgan fingerprint density at radius 2 is 1.93 bits per heavy atom. The molecule has 0 atom stereocenters. The molecule has 1 aromatic heterocycles. The van der Waals surface area contributed by atoms with Crippen LogP contribution >= 0.6 is 11.3 Å². The van der Waals surface area contributed by atoms with Crippen LogP contribution in [0.5, 0.6) is 0 Å². The number of rotatable bonds is 3. The molecule has 2 amide bonds. The lowest BCUT2D eigenvalue weighted by Gasteiger charge is -2.35. The molecule has 0 aliphatic carbocycles. The smallest absolute Gasteiger partial charge is 0.264 e. The molecule has 2 saturated heterocycles.